The van der Waals surface area contributed by atoms with Crippen LogP contribution in [0.1, 0.15) is 12.7 Å². The van der Waals surface area contributed by atoms with Crippen molar-refractivity contribution in [3.8, 4) is 0 Å². The van der Waals surface area contributed by atoms with Gasteiger partial charge in [-0.3, -0.25) is 0 Å². The third-order valence-electron chi connectivity index (χ3n) is 4.29. The molecule has 0 radical (unpaired) electrons. The van der Waals surface area contributed by atoms with Crippen molar-refractivity contribution < 1.29 is 14.0 Å². The standard InChI is InChI=1S/C17H24FN5OS/c1-2-23-16(13-19-15-5-3-14(18)4-6-15)20-21-17(23)25-12-9-22-7-10-24-11-8-22/h3-6,19H,2,7-13H2,1H3/p+1. The first-order valence-corrected chi connectivity index (χ1v) is 9.70. The summed E-state index contributed by atoms with van der Waals surface area (Å²) in [6, 6.07) is 6.34. The van der Waals surface area contributed by atoms with Crippen LogP contribution in [-0.4, -0.2) is 53.4 Å². The SMILES string of the molecule is CCn1c(CNc2ccc(F)cc2)nnc1SCC[NH+]1CCOCC1. The lowest BCUT2D eigenvalue weighted by molar-refractivity contribution is -0.905. The Kier molecular flexibility index (Phi) is 6.66. The Balaban J connectivity index is 1.52. The topological polar surface area (TPSA) is 56.4 Å². The molecule has 1 aromatic heterocycles. The molecular formula is C17H25FN5OS+. The van der Waals surface area contributed by atoms with Crippen LogP contribution in [0.2, 0.25) is 0 Å². The Morgan fingerprint density at radius 1 is 1.24 bits per heavy atom. The normalized spacial score (nSPS) is 15.4. The molecule has 3 rings (SSSR count). The van der Waals surface area contributed by atoms with Crippen LogP contribution >= 0.6 is 11.8 Å². The zero-order chi connectivity index (χ0) is 17.5. The Morgan fingerprint density at radius 2 is 2.00 bits per heavy atom. The molecule has 1 aliphatic heterocycles. The van der Waals surface area contributed by atoms with Gasteiger partial charge in [0.15, 0.2) is 11.0 Å². The summed E-state index contributed by atoms with van der Waals surface area (Å²) in [6.45, 7) is 8.54. The van der Waals surface area contributed by atoms with Crippen LogP contribution in [0.25, 0.3) is 0 Å². The molecule has 0 amide bonds. The lowest BCUT2D eigenvalue weighted by atomic mass is 10.3. The summed E-state index contributed by atoms with van der Waals surface area (Å²) in [5, 5.41) is 12.9. The summed E-state index contributed by atoms with van der Waals surface area (Å²) in [6.07, 6.45) is 0. The highest BCUT2D eigenvalue weighted by Gasteiger charge is 2.15. The maximum atomic E-state index is 13.0. The molecule has 2 N–H and O–H groups in total. The second-order valence-electron chi connectivity index (χ2n) is 5.96. The van der Waals surface area contributed by atoms with E-state index >= 15 is 0 Å². The zero-order valence-corrected chi connectivity index (χ0v) is 15.3. The number of quaternary nitrogens is 1. The Labute approximate surface area is 151 Å². The predicted octanol–water partition coefficient (Wildman–Crippen LogP) is 1.06. The summed E-state index contributed by atoms with van der Waals surface area (Å²) in [4.78, 5) is 1.60. The first kappa shape index (κ1) is 18.2. The largest absolute Gasteiger partial charge is 0.378 e. The summed E-state index contributed by atoms with van der Waals surface area (Å²) in [7, 11) is 0. The van der Waals surface area contributed by atoms with E-state index < -0.39 is 0 Å². The van der Waals surface area contributed by atoms with Crippen molar-refractivity contribution >= 4 is 17.4 Å². The fraction of sp³-hybridized carbons (Fsp3) is 0.529. The molecule has 25 heavy (non-hydrogen) atoms. The number of ether oxygens (including phenoxy) is 1. The number of morpholine rings is 1. The average molecular weight is 366 g/mol. The molecule has 0 saturated carbocycles. The molecule has 8 heteroatoms. The summed E-state index contributed by atoms with van der Waals surface area (Å²) in [5.74, 6) is 1.69. The van der Waals surface area contributed by atoms with Crippen LogP contribution in [0.3, 0.4) is 0 Å². The number of nitrogens with zero attached hydrogens (tertiary/aromatic N) is 3. The van der Waals surface area contributed by atoms with Gasteiger partial charge in [0.1, 0.15) is 18.9 Å². The van der Waals surface area contributed by atoms with Crippen LogP contribution in [0.5, 0.6) is 0 Å². The van der Waals surface area contributed by atoms with E-state index in [0.717, 1.165) is 61.8 Å². The fourth-order valence-corrected chi connectivity index (χ4v) is 3.88. The number of nitrogens with one attached hydrogen (secondary N) is 2. The number of halogens is 1. The van der Waals surface area contributed by atoms with Gasteiger partial charge < -0.3 is 19.5 Å². The first-order valence-electron chi connectivity index (χ1n) is 8.72. The van der Waals surface area contributed by atoms with Crippen molar-refractivity contribution in [2.75, 3.05) is 43.9 Å². The number of benzene rings is 1. The molecule has 1 fully saturated rings. The molecule has 1 aliphatic rings. The van der Waals surface area contributed by atoms with Gasteiger partial charge in [0.25, 0.3) is 0 Å². The quantitative estimate of drug-likeness (QED) is 0.684. The highest BCUT2D eigenvalue weighted by Crippen LogP contribution is 2.17. The van der Waals surface area contributed by atoms with E-state index in [2.05, 4.69) is 27.0 Å². The third-order valence-corrected chi connectivity index (χ3v) is 5.26. The first-order chi connectivity index (χ1) is 12.3. The summed E-state index contributed by atoms with van der Waals surface area (Å²) >= 11 is 1.76. The molecule has 2 heterocycles. The van der Waals surface area contributed by atoms with Gasteiger partial charge in [-0.25, -0.2) is 4.39 Å². The van der Waals surface area contributed by atoms with Crippen LogP contribution in [0.15, 0.2) is 29.4 Å². The lowest BCUT2D eigenvalue weighted by Gasteiger charge is -2.23. The number of hydrogen-bond donors (Lipinski definition) is 2. The molecule has 0 atom stereocenters. The Morgan fingerprint density at radius 3 is 2.72 bits per heavy atom. The number of thioether (sulfide) groups is 1. The average Bonchev–Trinajstić information content (AvgIpc) is 3.04. The van der Waals surface area contributed by atoms with Gasteiger partial charge in [-0.05, 0) is 31.2 Å². The van der Waals surface area contributed by atoms with Gasteiger partial charge in [0.05, 0.1) is 32.1 Å². The smallest absolute Gasteiger partial charge is 0.191 e. The monoisotopic (exact) mass is 366 g/mol. The fourth-order valence-electron chi connectivity index (χ4n) is 2.82. The van der Waals surface area contributed by atoms with Crippen LogP contribution in [0.4, 0.5) is 10.1 Å². The maximum absolute atomic E-state index is 13.0. The zero-order valence-electron chi connectivity index (χ0n) is 14.5. The second kappa shape index (κ2) is 9.17. The van der Waals surface area contributed by atoms with Gasteiger partial charge in [-0.1, -0.05) is 11.8 Å². The minimum Gasteiger partial charge on any atom is -0.378 e. The highest BCUT2D eigenvalue weighted by molar-refractivity contribution is 7.99. The lowest BCUT2D eigenvalue weighted by Crippen LogP contribution is -3.14. The summed E-state index contributed by atoms with van der Waals surface area (Å²) in [5.41, 5.74) is 0.872. The van der Waals surface area contributed by atoms with Crippen LogP contribution in [0, 0.1) is 5.82 Å². The number of rotatable bonds is 8. The highest BCUT2D eigenvalue weighted by atomic mass is 32.2. The van der Waals surface area contributed by atoms with E-state index in [4.69, 9.17) is 4.74 Å². The minimum absolute atomic E-state index is 0.233. The van der Waals surface area contributed by atoms with Gasteiger partial charge in [0, 0.05) is 12.2 Å². The molecular weight excluding hydrogens is 341 g/mol. The number of hydrogen-bond acceptors (Lipinski definition) is 5. The predicted molar refractivity (Wildman–Crippen MR) is 96.5 cm³/mol. The second-order valence-corrected chi connectivity index (χ2v) is 7.03. The Bertz CT molecular complexity index is 658. The molecule has 1 aromatic carbocycles. The van der Waals surface area contributed by atoms with E-state index in [1.807, 2.05) is 0 Å². The number of aromatic nitrogens is 3. The minimum atomic E-state index is -0.233. The van der Waals surface area contributed by atoms with Crippen LogP contribution < -0.4 is 10.2 Å². The van der Waals surface area contributed by atoms with Crippen molar-refractivity contribution in [3.63, 3.8) is 0 Å². The molecule has 2 aromatic rings. The summed E-state index contributed by atoms with van der Waals surface area (Å²) < 4.78 is 20.5. The Hall–Kier alpha value is -1.64. The van der Waals surface area contributed by atoms with Crippen molar-refractivity contribution in [1.82, 2.24) is 14.8 Å². The third kappa shape index (κ3) is 5.17. The van der Waals surface area contributed by atoms with Gasteiger partial charge in [-0.2, -0.15) is 0 Å². The molecule has 1 saturated heterocycles. The molecule has 0 unspecified atom stereocenters. The van der Waals surface area contributed by atoms with Crippen LogP contribution in [-0.2, 0) is 17.8 Å². The van der Waals surface area contributed by atoms with E-state index in [1.165, 1.54) is 12.1 Å². The number of anilines is 1. The van der Waals surface area contributed by atoms with E-state index in [9.17, 15) is 4.39 Å². The van der Waals surface area contributed by atoms with Crippen molar-refractivity contribution in [2.24, 2.45) is 0 Å². The molecule has 0 bridgehead atoms. The maximum Gasteiger partial charge on any atom is 0.191 e. The van der Waals surface area contributed by atoms with Gasteiger partial charge >= 0.3 is 0 Å². The van der Waals surface area contributed by atoms with Crippen molar-refractivity contribution in [3.05, 3.63) is 35.9 Å². The van der Waals surface area contributed by atoms with Crippen molar-refractivity contribution in [1.29, 1.82) is 0 Å². The molecule has 0 spiro atoms. The van der Waals surface area contributed by atoms with Crippen molar-refractivity contribution in [2.45, 2.75) is 25.2 Å². The molecule has 6 nitrogen and oxygen atoms in total. The molecule has 136 valence electrons. The van der Waals surface area contributed by atoms with E-state index in [-0.39, 0.29) is 5.82 Å². The molecule has 0 aliphatic carbocycles. The van der Waals surface area contributed by atoms with Gasteiger partial charge in [-0.15, -0.1) is 10.2 Å². The van der Waals surface area contributed by atoms with E-state index in [1.54, 1.807) is 28.8 Å². The van der Waals surface area contributed by atoms with E-state index in [0.29, 0.717) is 6.54 Å². The van der Waals surface area contributed by atoms with Gasteiger partial charge in [0.2, 0.25) is 0 Å².